The molecule has 32 heavy (non-hydrogen) atoms. The van der Waals surface area contributed by atoms with Gasteiger partial charge < -0.3 is 23.9 Å². The van der Waals surface area contributed by atoms with Crippen molar-refractivity contribution in [1.82, 2.24) is 4.90 Å². The van der Waals surface area contributed by atoms with Gasteiger partial charge in [0.05, 0.1) is 36.8 Å². The Hall–Kier alpha value is -3.32. The van der Waals surface area contributed by atoms with E-state index < -0.39 is 11.9 Å². The molecule has 3 aromatic rings. The van der Waals surface area contributed by atoms with E-state index in [0.29, 0.717) is 41.2 Å². The summed E-state index contributed by atoms with van der Waals surface area (Å²) >= 11 is 0. The minimum atomic E-state index is -0.694. The van der Waals surface area contributed by atoms with Crippen LogP contribution in [0.4, 0.5) is 0 Å². The smallest absolute Gasteiger partial charge is 0.290 e. The number of benzene rings is 2. The fourth-order valence-corrected chi connectivity index (χ4v) is 4.44. The maximum atomic E-state index is 13.7. The summed E-state index contributed by atoms with van der Waals surface area (Å²) < 4.78 is 17.4. The van der Waals surface area contributed by atoms with Crippen LogP contribution < -0.4 is 14.9 Å². The second-order valence-electron chi connectivity index (χ2n) is 7.83. The average Bonchev–Trinajstić information content (AvgIpc) is 3.02. The van der Waals surface area contributed by atoms with E-state index in [0.717, 1.165) is 11.1 Å². The number of aliphatic hydroxyl groups is 1. The molecule has 1 aliphatic heterocycles. The predicted molar refractivity (Wildman–Crippen MR) is 121 cm³/mol. The summed E-state index contributed by atoms with van der Waals surface area (Å²) in [7, 11) is 0. The van der Waals surface area contributed by atoms with Crippen LogP contribution in [-0.4, -0.2) is 42.3 Å². The number of nitrogens with zero attached hydrogens (tertiary/aromatic N) is 1. The highest BCUT2D eigenvalue weighted by atomic mass is 16.5. The van der Waals surface area contributed by atoms with Crippen LogP contribution in [0.15, 0.2) is 39.5 Å². The highest BCUT2D eigenvalue weighted by molar-refractivity contribution is 5.99. The van der Waals surface area contributed by atoms with Gasteiger partial charge in [-0.15, -0.1) is 0 Å². The summed E-state index contributed by atoms with van der Waals surface area (Å²) in [6.45, 7) is 8.29. The van der Waals surface area contributed by atoms with Gasteiger partial charge in [0.2, 0.25) is 5.76 Å². The minimum Gasteiger partial charge on any atom is -0.490 e. The van der Waals surface area contributed by atoms with Gasteiger partial charge in [-0.1, -0.05) is 12.1 Å². The number of hydrogen-bond donors (Lipinski definition) is 1. The lowest BCUT2D eigenvalue weighted by atomic mass is 9.96. The van der Waals surface area contributed by atoms with Crippen molar-refractivity contribution in [1.29, 1.82) is 0 Å². The molecule has 168 valence electrons. The molecule has 1 aromatic heterocycles. The predicted octanol–water partition coefficient (Wildman–Crippen LogP) is 3.74. The van der Waals surface area contributed by atoms with E-state index in [4.69, 9.17) is 13.9 Å². The van der Waals surface area contributed by atoms with Crippen molar-refractivity contribution in [3.63, 3.8) is 0 Å². The number of carbonyl (C=O) groups is 1. The first kappa shape index (κ1) is 21.9. The first-order chi connectivity index (χ1) is 15.4. The molecule has 0 aliphatic carbocycles. The van der Waals surface area contributed by atoms with Crippen molar-refractivity contribution < 1.29 is 23.8 Å². The molecule has 0 radical (unpaired) electrons. The lowest BCUT2D eigenvalue weighted by Gasteiger charge is -2.25. The molecule has 0 saturated heterocycles. The number of carbonyl (C=O) groups excluding carboxylic acids is 1. The molecule has 4 rings (SSSR count). The summed E-state index contributed by atoms with van der Waals surface area (Å²) in [6, 6.07) is 8.38. The fraction of sp³-hybridized carbons (Fsp3) is 0.360. The zero-order valence-corrected chi connectivity index (χ0v) is 18.7. The van der Waals surface area contributed by atoms with E-state index >= 15 is 0 Å². The zero-order chi connectivity index (χ0) is 23.0. The Morgan fingerprint density at radius 2 is 1.75 bits per heavy atom. The Balaban J connectivity index is 1.97. The monoisotopic (exact) mass is 437 g/mol. The van der Waals surface area contributed by atoms with Gasteiger partial charge in [0, 0.05) is 6.54 Å². The first-order valence-corrected chi connectivity index (χ1v) is 10.8. The largest absolute Gasteiger partial charge is 0.490 e. The van der Waals surface area contributed by atoms with Gasteiger partial charge >= 0.3 is 0 Å². The molecule has 1 amide bonds. The topological polar surface area (TPSA) is 89.2 Å². The van der Waals surface area contributed by atoms with Crippen LogP contribution in [0, 0.1) is 13.8 Å². The second kappa shape index (κ2) is 8.67. The fourth-order valence-electron chi connectivity index (χ4n) is 4.44. The molecule has 0 unspecified atom stereocenters. The number of amides is 1. The van der Waals surface area contributed by atoms with Crippen LogP contribution in [-0.2, 0) is 0 Å². The second-order valence-corrected chi connectivity index (χ2v) is 7.83. The minimum absolute atomic E-state index is 0.0257. The maximum Gasteiger partial charge on any atom is 0.290 e. The molecule has 7 nitrogen and oxygen atoms in total. The lowest BCUT2D eigenvalue weighted by molar-refractivity contribution is 0.0691. The van der Waals surface area contributed by atoms with E-state index in [1.54, 1.807) is 18.2 Å². The summed E-state index contributed by atoms with van der Waals surface area (Å²) in [5.74, 6) is 0.740. The summed E-state index contributed by atoms with van der Waals surface area (Å²) in [4.78, 5) is 28.4. The van der Waals surface area contributed by atoms with Gasteiger partial charge in [-0.3, -0.25) is 9.59 Å². The summed E-state index contributed by atoms with van der Waals surface area (Å²) in [6.07, 6.45) is 0. The van der Waals surface area contributed by atoms with E-state index in [1.165, 1.54) is 4.90 Å². The molecule has 1 atom stereocenters. The molecule has 0 bridgehead atoms. The third kappa shape index (κ3) is 3.52. The van der Waals surface area contributed by atoms with Crippen molar-refractivity contribution >= 4 is 16.9 Å². The van der Waals surface area contributed by atoms with E-state index in [9.17, 15) is 14.7 Å². The van der Waals surface area contributed by atoms with Crippen molar-refractivity contribution in [3.8, 4) is 11.5 Å². The Morgan fingerprint density at radius 3 is 2.44 bits per heavy atom. The van der Waals surface area contributed by atoms with Crippen LogP contribution in [0.2, 0.25) is 0 Å². The Labute approximate surface area is 186 Å². The van der Waals surface area contributed by atoms with Gasteiger partial charge in [0.1, 0.15) is 5.58 Å². The molecule has 0 fully saturated rings. The summed E-state index contributed by atoms with van der Waals surface area (Å²) in [5, 5.41) is 10.1. The highest BCUT2D eigenvalue weighted by Gasteiger charge is 2.42. The molecule has 2 heterocycles. The Bertz CT molecular complexity index is 1250. The van der Waals surface area contributed by atoms with E-state index in [-0.39, 0.29) is 29.9 Å². The van der Waals surface area contributed by atoms with Crippen molar-refractivity contribution in [2.24, 2.45) is 0 Å². The summed E-state index contributed by atoms with van der Waals surface area (Å²) in [5.41, 5.74) is 2.88. The van der Waals surface area contributed by atoms with Crippen molar-refractivity contribution in [2.75, 3.05) is 26.4 Å². The van der Waals surface area contributed by atoms with E-state index in [1.807, 2.05) is 39.8 Å². The normalized spacial score (nSPS) is 15.3. The van der Waals surface area contributed by atoms with E-state index in [2.05, 4.69) is 0 Å². The number of aryl methyl sites for hydroxylation is 2. The SMILES string of the molecule is CCOc1ccc([C@H]2c3c(oc4cc(C)cc(C)c4c3=O)C(=O)N2CCO)cc1OCC. The maximum absolute atomic E-state index is 13.7. The Kier molecular flexibility index (Phi) is 5.93. The van der Waals surface area contributed by atoms with Gasteiger partial charge in [-0.25, -0.2) is 0 Å². The van der Waals surface area contributed by atoms with Gasteiger partial charge in [-0.05, 0) is 62.6 Å². The third-order valence-electron chi connectivity index (χ3n) is 5.64. The standard InChI is InChI=1S/C25H27NO6/c1-5-30-17-8-7-16(13-18(17)31-6-2)22-21-23(28)20-15(4)11-14(3)12-19(20)32-24(21)25(29)26(22)9-10-27/h7-8,11-13,22,27H,5-6,9-10H2,1-4H3/t22-/m0/s1. The molecule has 1 aliphatic rings. The van der Waals surface area contributed by atoms with Gasteiger partial charge in [0.25, 0.3) is 5.91 Å². The molecular formula is C25H27NO6. The number of fused-ring (bicyclic) bond motifs is 2. The van der Waals surface area contributed by atoms with Gasteiger partial charge in [-0.2, -0.15) is 0 Å². The highest BCUT2D eigenvalue weighted by Crippen LogP contribution is 2.41. The van der Waals surface area contributed by atoms with Crippen molar-refractivity contribution in [3.05, 3.63) is 68.6 Å². The lowest BCUT2D eigenvalue weighted by Crippen LogP contribution is -2.32. The number of rotatable bonds is 7. The van der Waals surface area contributed by atoms with Crippen LogP contribution in [0.25, 0.3) is 11.0 Å². The molecule has 0 spiro atoms. The number of aliphatic hydroxyl groups excluding tert-OH is 1. The quantitative estimate of drug-likeness (QED) is 0.606. The molecule has 7 heteroatoms. The average molecular weight is 437 g/mol. The third-order valence-corrected chi connectivity index (χ3v) is 5.64. The van der Waals surface area contributed by atoms with Gasteiger partial charge in [0.15, 0.2) is 16.9 Å². The molecule has 1 N–H and O–H groups in total. The number of hydrogen-bond acceptors (Lipinski definition) is 6. The molecule has 0 saturated carbocycles. The van der Waals surface area contributed by atoms with Crippen LogP contribution in [0.5, 0.6) is 11.5 Å². The van der Waals surface area contributed by atoms with Crippen LogP contribution >= 0.6 is 0 Å². The number of ether oxygens (including phenoxy) is 2. The van der Waals surface area contributed by atoms with Crippen LogP contribution in [0.3, 0.4) is 0 Å². The zero-order valence-electron chi connectivity index (χ0n) is 18.7. The number of β-amino-alcohol motifs (C(OH)–C–C–N with tert-alkyl or cyclic N) is 1. The van der Waals surface area contributed by atoms with Crippen molar-refractivity contribution in [2.45, 2.75) is 33.7 Å². The Morgan fingerprint density at radius 1 is 1.03 bits per heavy atom. The first-order valence-electron chi connectivity index (χ1n) is 10.8. The van der Waals surface area contributed by atoms with Crippen LogP contribution in [0.1, 0.15) is 52.7 Å². The molecule has 2 aromatic carbocycles. The molecular weight excluding hydrogens is 410 g/mol.